The van der Waals surface area contributed by atoms with Crippen LogP contribution in [0.3, 0.4) is 0 Å². The van der Waals surface area contributed by atoms with E-state index in [0.29, 0.717) is 11.8 Å². The smallest absolute Gasteiger partial charge is 0.251 e. The molecule has 4 heteroatoms. The van der Waals surface area contributed by atoms with E-state index in [1.54, 1.807) is 21.0 Å². The summed E-state index contributed by atoms with van der Waals surface area (Å²) < 4.78 is 5.16. The number of likely N-dealkylation sites (tertiary alicyclic amines) is 1. The van der Waals surface area contributed by atoms with Crippen LogP contribution < -0.4 is 5.32 Å². The fourth-order valence-corrected chi connectivity index (χ4v) is 2.24. The lowest BCUT2D eigenvalue weighted by molar-refractivity contribution is -0.139. The number of ether oxygens (including phenoxy) is 1. The lowest BCUT2D eigenvalue weighted by Gasteiger charge is -2.35. The van der Waals surface area contributed by atoms with Gasteiger partial charge in [-0.05, 0) is 45.7 Å². The molecule has 0 spiro atoms. The Balaban J connectivity index is 0. The summed E-state index contributed by atoms with van der Waals surface area (Å²) >= 11 is 0. The molecule has 21 heavy (non-hydrogen) atoms. The summed E-state index contributed by atoms with van der Waals surface area (Å²) in [7, 11) is 3.72. The summed E-state index contributed by atoms with van der Waals surface area (Å²) in [6.07, 6.45) is 1.16. The molecule has 0 saturated carbocycles. The molecule has 1 unspecified atom stereocenters. The third-order valence-electron chi connectivity index (χ3n) is 3.87. The molecule has 1 heterocycles. The van der Waals surface area contributed by atoms with E-state index < -0.39 is 5.60 Å². The van der Waals surface area contributed by atoms with Crippen LogP contribution >= 0.6 is 0 Å². The summed E-state index contributed by atoms with van der Waals surface area (Å²) in [6.45, 7) is 16.8. The molecule has 1 fully saturated rings. The van der Waals surface area contributed by atoms with Gasteiger partial charge in [0.05, 0.1) is 0 Å². The highest BCUT2D eigenvalue weighted by molar-refractivity contribution is 5.84. The van der Waals surface area contributed by atoms with Gasteiger partial charge in [0.15, 0.2) is 0 Å². The maximum absolute atomic E-state index is 11.9. The van der Waals surface area contributed by atoms with E-state index in [1.807, 2.05) is 27.7 Å². The van der Waals surface area contributed by atoms with E-state index >= 15 is 0 Å². The Labute approximate surface area is 132 Å². The zero-order valence-electron chi connectivity index (χ0n) is 15.7. The van der Waals surface area contributed by atoms with Crippen LogP contribution in [-0.2, 0) is 9.53 Å². The van der Waals surface area contributed by atoms with Crippen LogP contribution in [0.4, 0.5) is 0 Å². The molecule has 4 nitrogen and oxygen atoms in total. The Morgan fingerprint density at radius 2 is 1.81 bits per heavy atom. The Hall–Kier alpha value is -0.610. The van der Waals surface area contributed by atoms with Gasteiger partial charge in [0.2, 0.25) is 0 Å². The largest absolute Gasteiger partial charge is 0.369 e. The minimum Gasteiger partial charge on any atom is -0.369 e. The van der Waals surface area contributed by atoms with E-state index in [2.05, 4.69) is 24.2 Å². The number of hydrogen-bond donors (Lipinski definition) is 1. The maximum atomic E-state index is 11.9. The number of hydrogen-bond acceptors (Lipinski definition) is 3. The van der Waals surface area contributed by atoms with Crippen molar-refractivity contribution < 1.29 is 9.53 Å². The third-order valence-corrected chi connectivity index (χ3v) is 3.87. The molecule has 1 amide bonds. The number of methoxy groups -OCH3 is 1. The average molecular weight is 303 g/mol. The number of amides is 1. The van der Waals surface area contributed by atoms with Crippen molar-refractivity contribution in [1.29, 1.82) is 0 Å². The Bertz CT molecular complexity index is 268. The molecule has 128 valence electrons. The number of nitrogens with zero attached hydrogens (tertiary/aromatic N) is 1. The van der Waals surface area contributed by atoms with Crippen LogP contribution in [0.5, 0.6) is 0 Å². The molecular weight excluding hydrogens is 264 g/mol. The highest BCUT2D eigenvalue weighted by Gasteiger charge is 2.29. The van der Waals surface area contributed by atoms with Gasteiger partial charge in [-0.1, -0.05) is 34.6 Å². The summed E-state index contributed by atoms with van der Waals surface area (Å²) in [5.74, 6) is 1.20. The van der Waals surface area contributed by atoms with Gasteiger partial charge in [0.1, 0.15) is 5.60 Å². The second-order valence-electron chi connectivity index (χ2n) is 5.71. The third kappa shape index (κ3) is 8.42. The van der Waals surface area contributed by atoms with Gasteiger partial charge in [-0.15, -0.1) is 0 Å². The van der Waals surface area contributed by atoms with Crippen LogP contribution in [0.2, 0.25) is 0 Å². The molecule has 1 rings (SSSR count). The Morgan fingerprint density at radius 1 is 1.29 bits per heavy atom. The minimum absolute atomic E-state index is 0.0221. The second-order valence-corrected chi connectivity index (χ2v) is 5.71. The molecule has 0 bridgehead atoms. The minimum atomic E-state index is -0.727. The van der Waals surface area contributed by atoms with E-state index in [1.165, 1.54) is 0 Å². The van der Waals surface area contributed by atoms with Gasteiger partial charge in [-0.3, -0.25) is 4.79 Å². The average Bonchev–Trinajstić information content (AvgIpc) is 2.50. The first-order chi connectivity index (χ1) is 9.86. The first-order valence-electron chi connectivity index (χ1n) is 8.39. The molecular formula is C17H38N2O2. The topological polar surface area (TPSA) is 41.6 Å². The molecule has 0 aromatic rings. The van der Waals surface area contributed by atoms with Gasteiger partial charge in [0.25, 0.3) is 5.91 Å². The van der Waals surface area contributed by atoms with Gasteiger partial charge in [-0.2, -0.15) is 0 Å². The Kier molecular flexibility index (Phi) is 12.9. The van der Waals surface area contributed by atoms with E-state index in [0.717, 1.165) is 26.1 Å². The molecule has 0 aromatic heterocycles. The molecule has 1 aliphatic rings. The lowest BCUT2D eigenvalue weighted by Crippen LogP contribution is -2.47. The fourth-order valence-electron chi connectivity index (χ4n) is 2.24. The van der Waals surface area contributed by atoms with Crippen LogP contribution in [-0.4, -0.2) is 50.2 Å². The van der Waals surface area contributed by atoms with Crippen LogP contribution in [0.1, 0.15) is 54.9 Å². The van der Waals surface area contributed by atoms with Crippen molar-refractivity contribution in [2.24, 2.45) is 11.8 Å². The molecule has 1 N–H and O–H groups in total. The predicted octanol–water partition coefficient (Wildman–Crippen LogP) is 3.17. The fraction of sp³-hybridized carbons (Fsp3) is 0.941. The first kappa shape index (κ1) is 22.7. The lowest BCUT2D eigenvalue weighted by atomic mass is 9.87. The van der Waals surface area contributed by atoms with Crippen LogP contribution in [0, 0.1) is 11.8 Å². The highest BCUT2D eigenvalue weighted by atomic mass is 16.5. The number of rotatable bonds is 4. The van der Waals surface area contributed by atoms with Crippen molar-refractivity contribution in [2.75, 3.05) is 33.8 Å². The van der Waals surface area contributed by atoms with Crippen molar-refractivity contribution >= 4 is 5.91 Å². The Morgan fingerprint density at radius 3 is 2.24 bits per heavy atom. The van der Waals surface area contributed by atoms with E-state index in [-0.39, 0.29) is 5.91 Å². The van der Waals surface area contributed by atoms with Crippen molar-refractivity contribution in [1.82, 2.24) is 10.2 Å². The van der Waals surface area contributed by atoms with Gasteiger partial charge < -0.3 is 15.0 Å². The highest BCUT2D eigenvalue weighted by Crippen LogP contribution is 2.21. The zero-order valence-corrected chi connectivity index (χ0v) is 15.7. The monoisotopic (exact) mass is 302 g/mol. The van der Waals surface area contributed by atoms with Gasteiger partial charge in [-0.25, -0.2) is 0 Å². The van der Waals surface area contributed by atoms with Crippen molar-refractivity contribution in [3.63, 3.8) is 0 Å². The van der Waals surface area contributed by atoms with Gasteiger partial charge >= 0.3 is 0 Å². The summed E-state index contributed by atoms with van der Waals surface area (Å²) in [6, 6.07) is 0. The van der Waals surface area contributed by atoms with Crippen LogP contribution in [0.25, 0.3) is 0 Å². The van der Waals surface area contributed by atoms with E-state index in [4.69, 9.17) is 4.74 Å². The molecule has 0 radical (unpaired) electrons. The number of nitrogens with one attached hydrogen (secondary N) is 1. The first-order valence-corrected chi connectivity index (χ1v) is 8.39. The van der Waals surface area contributed by atoms with Gasteiger partial charge in [0, 0.05) is 20.2 Å². The molecule has 0 aliphatic carbocycles. The maximum Gasteiger partial charge on any atom is 0.251 e. The van der Waals surface area contributed by atoms with Crippen molar-refractivity contribution in [3.8, 4) is 0 Å². The quantitative estimate of drug-likeness (QED) is 0.867. The van der Waals surface area contributed by atoms with Crippen molar-refractivity contribution in [2.45, 2.75) is 60.5 Å². The molecule has 1 saturated heterocycles. The summed E-state index contributed by atoms with van der Waals surface area (Å²) in [4.78, 5) is 14.2. The summed E-state index contributed by atoms with van der Waals surface area (Å²) in [5, 5.41) is 3.01. The van der Waals surface area contributed by atoms with Crippen LogP contribution in [0.15, 0.2) is 0 Å². The molecule has 2 atom stereocenters. The second kappa shape index (κ2) is 12.0. The molecule has 1 aliphatic heterocycles. The number of piperidine rings is 1. The zero-order chi connectivity index (χ0) is 17.1. The predicted molar refractivity (Wildman–Crippen MR) is 91.6 cm³/mol. The van der Waals surface area contributed by atoms with E-state index in [9.17, 15) is 4.79 Å². The normalized spacial score (nSPS) is 22.3. The SMILES string of the molecule is CC.CC.COC(C)(C)C(=O)NCC1CCN(C)C[C@@H]1C. The summed E-state index contributed by atoms with van der Waals surface area (Å²) in [5.41, 5.74) is -0.727. The number of carbonyl (C=O) groups excluding carboxylic acids is 1. The standard InChI is InChI=1S/C13H26N2O2.2C2H6/c1-10-9-15(4)7-6-11(10)8-14-12(16)13(2,3)17-5;2*1-2/h10-11H,6-9H2,1-5H3,(H,14,16);2*1-2H3/t10-,11?;;/m0../s1. The molecule has 0 aromatic carbocycles. The number of carbonyl (C=O) groups is 1. The van der Waals surface area contributed by atoms with Crippen molar-refractivity contribution in [3.05, 3.63) is 0 Å².